The molecular weight excluding hydrogens is 306 g/mol. The Labute approximate surface area is 140 Å². The highest BCUT2D eigenvalue weighted by Gasteiger charge is 2.20. The van der Waals surface area contributed by atoms with Gasteiger partial charge in [0.15, 0.2) is 6.40 Å². The van der Waals surface area contributed by atoms with Crippen LogP contribution in [-0.4, -0.2) is 26.1 Å². The van der Waals surface area contributed by atoms with E-state index in [9.17, 15) is 4.79 Å². The molecule has 0 aromatic heterocycles. The third-order valence-electron chi connectivity index (χ3n) is 3.69. The third-order valence-corrected chi connectivity index (χ3v) is 3.69. The summed E-state index contributed by atoms with van der Waals surface area (Å²) in [5.74, 6) is 0.652. The fourth-order valence-electron chi connectivity index (χ4n) is 2.54. The lowest BCUT2D eigenvalue weighted by atomic mass is 10.1. The van der Waals surface area contributed by atoms with Gasteiger partial charge >= 0.3 is 6.03 Å². The molecule has 6 heteroatoms. The Morgan fingerprint density at radius 3 is 2.67 bits per heavy atom. The monoisotopic (exact) mass is 325 g/mol. The number of benzene rings is 2. The van der Waals surface area contributed by atoms with Crippen LogP contribution >= 0.6 is 0 Å². The zero-order valence-electron chi connectivity index (χ0n) is 13.6. The van der Waals surface area contributed by atoms with Crippen LogP contribution in [0.5, 0.6) is 5.75 Å². The van der Waals surface area contributed by atoms with E-state index in [1.807, 2.05) is 43.3 Å². The van der Waals surface area contributed by atoms with Crippen LogP contribution in [0.2, 0.25) is 0 Å². The van der Waals surface area contributed by atoms with Gasteiger partial charge in [-0.25, -0.2) is 4.79 Å². The lowest BCUT2D eigenvalue weighted by Crippen LogP contribution is -2.19. The molecule has 0 spiro atoms. The van der Waals surface area contributed by atoms with Gasteiger partial charge in [0, 0.05) is 23.0 Å². The number of rotatable bonds is 4. The van der Waals surface area contributed by atoms with E-state index in [0.29, 0.717) is 18.0 Å². The van der Waals surface area contributed by atoms with E-state index in [1.54, 1.807) is 13.2 Å². The number of urea groups is 1. The first-order valence-corrected chi connectivity index (χ1v) is 7.62. The van der Waals surface area contributed by atoms with Gasteiger partial charge in [0.1, 0.15) is 11.9 Å². The minimum atomic E-state index is -0.309. The van der Waals surface area contributed by atoms with Gasteiger partial charge in [0.2, 0.25) is 0 Å². The lowest BCUT2D eigenvalue weighted by Gasteiger charge is -2.15. The first-order valence-electron chi connectivity index (χ1n) is 7.62. The van der Waals surface area contributed by atoms with Gasteiger partial charge in [-0.1, -0.05) is 12.1 Å². The predicted molar refractivity (Wildman–Crippen MR) is 94.0 cm³/mol. The normalized spacial score (nSPS) is 15.7. The Morgan fingerprint density at radius 2 is 2.00 bits per heavy atom. The number of hydrogen-bond acceptors (Lipinski definition) is 4. The van der Waals surface area contributed by atoms with Crippen LogP contribution < -0.4 is 15.4 Å². The summed E-state index contributed by atoms with van der Waals surface area (Å²) in [6, 6.07) is 12.8. The average molecular weight is 325 g/mol. The summed E-state index contributed by atoms with van der Waals surface area (Å²) in [7, 11) is 1.59. The van der Waals surface area contributed by atoms with E-state index in [-0.39, 0.29) is 12.1 Å². The van der Waals surface area contributed by atoms with Gasteiger partial charge in [0.05, 0.1) is 13.7 Å². The first-order chi connectivity index (χ1) is 11.7. The molecule has 1 aliphatic rings. The minimum Gasteiger partial charge on any atom is -0.496 e. The highest BCUT2D eigenvalue weighted by atomic mass is 16.5. The molecule has 0 bridgehead atoms. The van der Waals surface area contributed by atoms with Gasteiger partial charge in [-0.2, -0.15) is 0 Å². The van der Waals surface area contributed by atoms with Crippen LogP contribution in [0, 0.1) is 6.92 Å². The highest BCUT2D eigenvalue weighted by Crippen LogP contribution is 2.32. The van der Waals surface area contributed by atoms with E-state index in [1.165, 1.54) is 6.40 Å². The Morgan fingerprint density at radius 1 is 1.21 bits per heavy atom. The molecule has 1 unspecified atom stereocenters. The number of hydrogen-bond donors (Lipinski definition) is 2. The standard InChI is InChI=1S/C18H19N3O3/c1-12-4-3-5-13(8-12)20-18(22)21-14-6-7-15(16(9-14)23-2)17-10-19-11-24-17/h3-9,11,17H,10H2,1-2H3,(H2,20,21,22). The number of ether oxygens (including phenoxy) is 2. The minimum absolute atomic E-state index is 0.143. The van der Waals surface area contributed by atoms with Crippen molar-refractivity contribution in [3.05, 3.63) is 53.6 Å². The fraction of sp³-hybridized carbons (Fsp3) is 0.222. The molecule has 24 heavy (non-hydrogen) atoms. The van der Waals surface area contributed by atoms with E-state index in [0.717, 1.165) is 16.8 Å². The molecular formula is C18H19N3O3. The second kappa shape index (κ2) is 7.04. The van der Waals surface area contributed by atoms with Crippen molar-refractivity contribution in [3.8, 4) is 5.75 Å². The molecule has 2 N–H and O–H groups in total. The van der Waals surface area contributed by atoms with Crippen molar-refractivity contribution in [2.45, 2.75) is 13.0 Å². The molecule has 1 atom stereocenters. The van der Waals surface area contributed by atoms with E-state index in [4.69, 9.17) is 9.47 Å². The number of nitrogens with zero attached hydrogens (tertiary/aromatic N) is 1. The van der Waals surface area contributed by atoms with Crippen LogP contribution in [0.25, 0.3) is 0 Å². The van der Waals surface area contributed by atoms with Crippen LogP contribution in [0.1, 0.15) is 17.2 Å². The largest absolute Gasteiger partial charge is 0.496 e. The number of aryl methyl sites for hydroxylation is 1. The number of carbonyl (C=O) groups is 1. The van der Waals surface area contributed by atoms with Crippen LogP contribution in [0.3, 0.4) is 0 Å². The van der Waals surface area contributed by atoms with Crippen LogP contribution in [-0.2, 0) is 4.74 Å². The molecule has 2 amide bonds. The Kier molecular flexibility index (Phi) is 4.65. The van der Waals surface area contributed by atoms with Gasteiger partial charge in [-0.3, -0.25) is 4.99 Å². The molecule has 0 fully saturated rings. The Bertz CT molecular complexity index is 766. The molecule has 124 valence electrons. The summed E-state index contributed by atoms with van der Waals surface area (Å²) in [5, 5.41) is 5.60. The SMILES string of the molecule is COc1cc(NC(=O)Nc2cccc(C)c2)ccc1C1CN=CO1. The van der Waals surface area contributed by atoms with Crippen molar-refractivity contribution < 1.29 is 14.3 Å². The van der Waals surface area contributed by atoms with Crippen molar-refractivity contribution >= 4 is 23.8 Å². The number of aliphatic imine (C=N–C) groups is 1. The molecule has 0 saturated heterocycles. The van der Waals surface area contributed by atoms with Crippen LogP contribution in [0.15, 0.2) is 47.5 Å². The number of carbonyl (C=O) groups excluding carboxylic acids is 1. The zero-order valence-corrected chi connectivity index (χ0v) is 13.6. The molecule has 6 nitrogen and oxygen atoms in total. The number of anilines is 2. The molecule has 0 saturated carbocycles. The maximum Gasteiger partial charge on any atom is 0.323 e. The Balaban J connectivity index is 1.69. The second-order valence-electron chi connectivity index (χ2n) is 5.50. The van der Waals surface area contributed by atoms with Crippen molar-refractivity contribution in [2.75, 3.05) is 24.3 Å². The molecule has 3 rings (SSSR count). The predicted octanol–water partition coefficient (Wildman–Crippen LogP) is 3.75. The summed E-state index contributed by atoms with van der Waals surface area (Å²) in [4.78, 5) is 16.2. The summed E-state index contributed by atoms with van der Waals surface area (Å²) in [6.45, 7) is 2.54. The quantitative estimate of drug-likeness (QED) is 0.899. The molecule has 0 aliphatic carbocycles. The lowest BCUT2D eigenvalue weighted by molar-refractivity contribution is 0.233. The van der Waals surface area contributed by atoms with E-state index in [2.05, 4.69) is 15.6 Å². The molecule has 2 aromatic rings. The smallest absolute Gasteiger partial charge is 0.323 e. The van der Waals surface area contributed by atoms with Gasteiger partial charge in [-0.15, -0.1) is 0 Å². The van der Waals surface area contributed by atoms with Crippen molar-refractivity contribution in [1.29, 1.82) is 0 Å². The fourth-order valence-corrected chi connectivity index (χ4v) is 2.54. The summed E-state index contributed by atoms with van der Waals surface area (Å²) in [5.41, 5.74) is 3.37. The van der Waals surface area contributed by atoms with Gasteiger partial charge in [0.25, 0.3) is 0 Å². The number of amides is 2. The Hall–Kier alpha value is -3.02. The highest BCUT2D eigenvalue weighted by molar-refractivity contribution is 5.99. The average Bonchev–Trinajstić information content (AvgIpc) is 3.09. The topological polar surface area (TPSA) is 72.0 Å². The van der Waals surface area contributed by atoms with Gasteiger partial charge < -0.3 is 20.1 Å². The summed E-state index contributed by atoms with van der Waals surface area (Å²) < 4.78 is 10.8. The molecule has 1 aliphatic heterocycles. The molecule has 0 radical (unpaired) electrons. The van der Waals surface area contributed by atoms with Crippen molar-refractivity contribution in [3.63, 3.8) is 0 Å². The second-order valence-corrected chi connectivity index (χ2v) is 5.50. The van der Waals surface area contributed by atoms with E-state index >= 15 is 0 Å². The summed E-state index contributed by atoms with van der Waals surface area (Å²) in [6.07, 6.45) is 1.31. The maximum absolute atomic E-state index is 12.1. The zero-order chi connectivity index (χ0) is 16.9. The first kappa shape index (κ1) is 15.9. The van der Waals surface area contributed by atoms with Crippen molar-refractivity contribution in [2.24, 2.45) is 4.99 Å². The van der Waals surface area contributed by atoms with Crippen LogP contribution in [0.4, 0.5) is 16.2 Å². The number of nitrogens with one attached hydrogen (secondary N) is 2. The van der Waals surface area contributed by atoms with E-state index < -0.39 is 0 Å². The van der Waals surface area contributed by atoms with Gasteiger partial charge in [-0.05, 0) is 36.8 Å². The maximum atomic E-state index is 12.1. The summed E-state index contributed by atoms with van der Waals surface area (Å²) >= 11 is 0. The third kappa shape index (κ3) is 3.65. The molecule has 1 heterocycles. The molecule has 2 aromatic carbocycles. The number of methoxy groups -OCH3 is 1. The van der Waals surface area contributed by atoms with Crippen molar-refractivity contribution in [1.82, 2.24) is 0 Å².